The van der Waals surface area contributed by atoms with Crippen molar-refractivity contribution in [2.24, 2.45) is 0 Å². The molecule has 12 nitrogen and oxygen atoms in total. The van der Waals surface area contributed by atoms with E-state index in [2.05, 4.69) is 5.92 Å². The number of rotatable bonds is 9. The van der Waals surface area contributed by atoms with Crippen molar-refractivity contribution >= 4 is 29.8 Å². The average Bonchev–Trinajstić information content (AvgIpc) is 2.63. The van der Waals surface area contributed by atoms with Gasteiger partial charge in [0.2, 0.25) is 12.4 Å². The van der Waals surface area contributed by atoms with Crippen LogP contribution in [0.1, 0.15) is 27.7 Å². The van der Waals surface area contributed by atoms with Crippen LogP contribution in [0.25, 0.3) is 0 Å². The van der Waals surface area contributed by atoms with Crippen LogP contribution >= 0.6 is 0 Å². The first-order valence-electron chi connectivity index (χ1n) is 10.0. The Morgan fingerprint density at radius 2 is 1.33 bits per heavy atom. The Morgan fingerprint density at radius 3 is 1.82 bits per heavy atom. The van der Waals surface area contributed by atoms with Crippen LogP contribution in [-0.2, 0) is 52.4 Å². The molecule has 1 fully saturated rings. The van der Waals surface area contributed by atoms with Crippen molar-refractivity contribution in [3.63, 3.8) is 0 Å². The molecule has 0 N–H and O–H groups in total. The molecular weight excluding hydrogens is 442 g/mol. The lowest BCUT2D eigenvalue weighted by molar-refractivity contribution is -0.875. The Morgan fingerprint density at radius 1 is 0.818 bits per heavy atom. The summed E-state index contributed by atoms with van der Waals surface area (Å²) in [7, 11) is 3.41. The number of esters is 5. The van der Waals surface area contributed by atoms with E-state index in [1.165, 1.54) is 0 Å². The highest BCUT2D eigenvalue weighted by molar-refractivity contribution is 5.71. The first-order chi connectivity index (χ1) is 15.3. The molecule has 0 aromatic rings. The maximum absolute atomic E-state index is 12.6. The Kier molecular flexibility index (Phi) is 10.3. The van der Waals surface area contributed by atoms with Gasteiger partial charge >= 0.3 is 29.8 Å². The standard InChI is InChI=1S/C21H30NO11/c1-8-9-22(6,7)10-17(27)33-21-20(31-15(5)26)19(30-14(4)25)18(29-13(3)24)16(32-21)11-28-12(2)23/h1,16,18-21H,9-11H2,2-7H3/q+1/t16-,18-,19+,20-,21+/m1/s1. The van der Waals surface area contributed by atoms with E-state index in [9.17, 15) is 24.0 Å². The van der Waals surface area contributed by atoms with Crippen LogP contribution in [-0.4, -0.2) is 98.8 Å². The molecule has 0 bridgehead atoms. The second kappa shape index (κ2) is 12.2. The summed E-state index contributed by atoms with van der Waals surface area (Å²) in [6, 6.07) is 0. The second-order valence-electron chi connectivity index (χ2n) is 8.01. The number of hydrogen-bond acceptors (Lipinski definition) is 11. The van der Waals surface area contributed by atoms with Crippen molar-refractivity contribution in [2.45, 2.75) is 58.4 Å². The van der Waals surface area contributed by atoms with Gasteiger partial charge in [0.25, 0.3) is 0 Å². The minimum absolute atomic E-state index is 0.0978. The van der Waals surface area contributed by atoms with Gasteiger partial charge in [-0.15, -0.1) is 6.42 Å². The fourth-order valence-corrected chi connectivity index (χ4v) is 3.10. The molecule has 0 radical (unpaired) electrons. The molecule has 33 heavy (non-hydrogen) atoms. The van der Waals surface area contributed by atoms with E-state index in [-0.39, 0.29) is 17.6 Å². The predicted molar refractivity (Wildman–Crippen MR) is 109 cm³/mol. The summed E-state index contributed by atoms with van der Waals surface area (Å²) in [6.45, 7) is 4.08. The van der Waals surface area contributed by atoms with E-state index < -0.39 is 67.2 Å². The van der Waals surface area contributed by atoms with E-state index in [1.807, 2.05) is 0 Å². The zero-order valence-electron chi connectivity index (χ0n) is 19.5. The number of carbonyl (C=O) groups is 5. The lowest BCUT2D eigenvalue weighted by Crippen LogP contribution is -2.63. The van der Waals surface area contributed by atoms with Crippen molar-refractivity contribution in [1.82, 2.24) is 0 Å². The number of quaternary nitrogens is 1. The Hall–Kier alpha value is -3.17. The predicted octanol–water partition coefficient (Wildman–Crippen LogP) is -0.678. The monoisotopic (exact) mass is 472 g/mol. The molecule has 5 atom stereocenters. The lowest BCUT2D eigenvalue weighted by Gasteiger charge is -2.43. The van der Waals surface area contributed by atoms with Crippen LogP contribution < -0.4 is 0 Å². The van der Waals surface area contributed by atoms with Crippen molar-refractivity contribution in [3.05, 3.63) is 0 Å². The molecule has 1 aliphatic heterocycles. The number of ether oxygens (including phenoxy) is 6. The average molecular weight is 472 g/mol. The van der Waals surface area contributed by atoms with Gasteiger partial charge in [0.1, 0.15) is 19.3 Å². The van der Waals surface area contributed by atoms with Gasteiger partial charge in [-0.25, -0.2) is 4.79 Å². The summed E-state index contributed by atoms with van der Waals surface area (Å²) in [4.78, 5) is 59.1. The normalized spacial score (nSPS) is 24.6. The molecule has 0 spiro atoms. The van der Waals surface area contributed by atoms with Crippen molar-refractivity contribution in [2.75, 3.05) is 33.8 Å². The maximum Gasteiger partial charge on any atom is 0.364 e. The zero-order valence-corrected chi connectivity index (χ0v) is 19.5. The van der Waals surface area contributed by atoms with Gasteiger partial charge in [-0.2, -0.15) is 0 Å². The minimum Gasteiger partial charge on any atom is -0.463 e. The third kappa shape index (κ3) is 9.46. The topological polar surface area (TPSA) is 141 Å². The zero-order chi connectivity index (χ0) is 25.3. The van der Waals surface area contributed by atoms with Gasteiger partial charge in [0.05, 0.1) is 14.1 Å². The molecule has 0 saturated carbocycles. The van der Waals surface area contributed by atoms with Gasteiger partial charge in [0.15, 0.2) is 18.8 Å². The summed E-state index contributed by atoms with van der Waals surface area (Å²) < 4.78 is 31.9. The quantitative estimate of drug-likeness (QED) is 0.182. The summed E-state index contributed by atoms with van der Waals surface area (Å²) in [5.41, 5.74) is 0. The van der Waals surface area contributed by atoms with Crippen LogP contribution in [0.4, 0.5) is 0 Å². The van der Waals surface area contributed by atoms with Gasteiger partial charge in [-0.1, -0.05) is 0 Å². The number of terminal acetylenes is 1. The SMILES string of the molecule is C#CC[N+](C)(C)CC(=O)O[C@@H]1O[C@H](COC(C)=O)[C@@H](OC(C)=O)[C@H](OC(C)=O)[C@H]1OC(C)=O. The van der Waals surface area contributed by atoms with Crippen LogP contribution in [0.3, 0.4) is 0 Å². The van der Waals surface area contributed by atoms with E-state index in [1.54, 1.807) is 14.1 Å². The third-order valence-electron chi connectivity index (χ3n) is 4.27. The fraction of sp³-hybridized carbons (Fsp3) is 0.667. The van der Waals surface area contributed by atoms with Crippen molar-refractivity contribution in [3.8, 4) is 12.3 Å². The maximum atomic E-state index is 12.6. The summed E-state index contributed by atoms with van der Waals surface area (Å²) >= 11 is 0. The van der Waals surface area contributed by atoms with E-state index >= 15 is 0 Å². The molecule has 0 unspecified atom stereocenters. The van der Waals surface area contributed by atoms with Crippen molar-refractivity contribution < 1.29 is 56.9 Å². The second-order valence-corrected chi connectivity index (χ2v) is 8.01. The van der Waals surface area contributed by atoms with Gasteiger partial charge in [-0.3, -0.25) is 19.2 Å². The van der Waals surface area contributed by atoms with Gasteiger partial charge in [0, 0.05) is 27.7 Å². The van der Waals surface area contributed by atoms with Gasteiger partial charge < -0.3 is 32.9 Å². The van der Waals surface area contributed by atoms with E-state index in [0.717, 1.165) is 27.7 Å². The summed E-state index contributed by atoms with van der Waals surface area (Å²) in [6.07, 6.45) is -1.69. The highest BCUT2D eigenvalue weighted by Crippen LogP contribution is 2.30. The largest absolute Gasteiger partial charge is 0.463 e. The molecule has 184 valence electrons. The molecule has 1 saturated heterocycles. The number of carbonyl (C=O) groups excluding carboxylic acids is 5. The molecule has 0 aliphatic carbocycles. The number of nitrogens with zero attached hydrogens (tertiary/aromatic N) is 1. The first-order valence-corrected chi connectivity index (χ1v) is 10.0. The first kappa shape index (κ1) is 27.9. The van der Waals surface area contributed by atoms with Crippen LogP contribution in [0.2, 0.25) is 0 Å². The highest BCUT2D eigenvalue weighted by Gasteiger charge is 2.54. The van der Waals surface area contributed by atoms with Crippen LogP contribution in [0.15, 0.2) is 0 Å². The number of likely N-dealkylation sites (N-methyl/N-ethyl adjacent to an activating group) is 1. The van der Waals surface area contributed by atoms with E-state index in [4.69, 9.17) is 34.8 Å². The molecule has 12 heteroatoms. The smallest absolute Gasteiger partial charge is 0.364 e. The Balaban J connectivity index is 3.32. The Bertz CT molecular complexity index is 801. The molecule has 1 rings (SSSR count). The number of hydrogen-bond donors (Lipinski definition) is 0. The minimum atomic E-state index is -1.57. The van der Waals surface area contributed by atoms with Crippen molar-refractivity contribution in [1.29, 1.82) is 0 Å². The molecule has 0 amide bonds. The van der Waals surface area contributed by atoms with Crippen LogP contribution in [0, 0.1) is 12.3 Å². The molecular formula is C21H30NO11+. The third-order valence-corrected chi connectivity index (χ3v) is 4.27. The van der Waals surface area contributed by atoms with E-state index in [0.29, 0.717) is 0 Å². The van der Waals surface area contributed by atoms with Crippen LogP contribution in [0.5, 0.6) is 0 Å². The molecule has 1 aliphatic rings. The molecule has 0 aromatic carbocycles. The molecule has 1 heterocycles. The molecule has 0 aromatic heterocycles. The van der Waals surface area contributed by atoms with Gasteiger partial charge in [-0.05, 0) is 5.92 Å². The highest BCUT2D eigenvalue weighted by atomic mass is 16.7. The summed E-state index contributed by atoms with van der Waals surface area (Å²) in [5, 5.41) is 0. The Labute approximate surface area is 191 Å². The lowest BCUT2D eigenvalue weighted by atomic mass is 9.98. The fourth-order valence-electron chi connectivity index (χ4n) is 3.10. The summed E-state index contributed by atoms with van der Waals surface area (Å²) in [5.74, 6) is -1.32.